The summed E-state index contributed by atoms with van der Waals surface area (Å²) in [6.45, 7) is 2.89. The number of carbonyl (C=O) groups is 2. The van der Waals surface area contributed by atoms with Crippen molar-refractivity contribution in [3.8, 4) is 0 Å². The van der Waals surface area contributed by atoms with Crippen LogP contribution in [0.2, 0.25) is 0 Å². The lowest BCUT2D eigenvalue weighted by Crippen LogP contribution is -2.35. The highest BCUT2D eigenvalue weighted by atomic mass is 16.2. The number of anilines is 1. The highest BCUT2D eigenvalue weighted by molar-refractivity contribution is 5.95. The van der Waals surface area contributed by atoms with Crippen LogP contribution in [0.25, 0.3) is 0 Å². The lowest BCUT2D eigenvalue weighted by molar-refractivity contribution is -0.122. The molecule has 0 aliphatic heterocycles. The SMILES string of the molecule is CCc1cc(C(=O)NCCNC(=O)C2CC2)cc(NC)n1. The van der Waals surface area contributed by atoms with Crippen molar-refractivity contribution < 1.29 is 9.59 Å². The van der Waals surface area contributed by atoms with Crippen molar-refractivity contribution >= 4 is 17.6 Å². The summed E-state index contributed by atoms with van der Waals surface area (Å²) in [4.78, 5) is 27.9. The van der Waals surface area contributed by atoms with Gasteiger partial charge in [0, 0.05) is 37.3 Å². The van der Waals surface area contributed by atoms with Gasteiger partial charge in [-0.2, -0.15) is 0 Å². The standard InChI is InChI=1S/C15H22N4O2/c1-3-12-8-11(9-13(16-2)19-12)15(21)18-7-6-17-14(20)10-4-5-10/h8-10H,3-7H2,1-2H3,(H,16,19)(H,17,20)(H,18,21). The number of aryl methyl sites for hydroxylation is 1. The topological polar surface area (TPSA) is 83.1 Å². The molecule has 0 spiro atoms. The maximum absolute atomic E-state index is 12.1. The van der Waals surface area contributed by atoms with Crippen LogP contribution < -0.4 is 16.0 Å². The first kappa shape index (κ1) is 15.3. The van der Waals surface area contributed by atoms with E-state index in [1.807, 2.05) is 6.92 Å². The van der Waals surface area contributed by atoms with Crippen molar-refractivity contribution in [2.24, 2.45) is 5.92 Å². The maximum atomic E-state index is 12.1. The van der Waals surface area contributed by atoms with Gasteiger partial charge in [-0.05, 0) is 31.4 Å². The molecule has 1 aromatic heterocycles. The molecule has 0 unspecified atom stereocenters. The van der Waals surface area contributed by atoms with Gasteiger partial charge in [-0.15, -0.1) is 0 Å². The number of rotatable bonds is 7. The molecule has 0 saturated heterocycles. The summed E-state index contributed by atoms with van der Waals surface area (Å²) in [5.74, 6) is 0.830. The molecule has 1 aliphatic rings. The third kappa shape index (κ3) is 4.44. The Bertz CT molecular complexity index is 504. The second kappa shape index (κ2) is 7.06. The summed E-state index contributed by atoms with van der Waals surface area (Å²) in [5.41, 5.74) is 1.45. The minimum absolute atomic E-state index is 0.0962. The third-order valence-electron chi connectivity index (χ3n) is 3.42. The maximum Gasteiger partial charge on any atom is 0.251 e. The Labute approximate surface area is 124 Å². The molecule has 6 nitrogen and oxygen atoms in total. The molecule has 1 fully saturated rings. The van der Waals surface area contributed by atoms with E-state index in [2.05, 4.69) is 20.9 Å². The molecule has 0 radical (unpaired) electrons. The third-order valence-corrected chi connectivity index (χ3v) is 3.42. The van der Waals surface area contributed by atoms with Crippen molar-refractivity contribution in [3.63, 3.8) is 0 Å². The summed E-state index contributed by atoms with van der Waals surface area (Å²) < 4.78 is 0. The van der Waals surface area contributed by atoms with E-state index in [1.165, 1.54) is 0 Å². The van der Waals surface area contributed by atoms with Crippen LogP contribution in [-0.4, -0.2) is 36.9 Å². The average Bonchev–Trinajstić information content (AvgIpc) is 3.35. The predicted molar refractivity (Wildman–Crippen MR) is 81.2 cm³/mol. The van der Waals surface area contributed by atoms with E-state index in [0.29, 0.717) is 24.5 Å². The van der Waals surface area contributed by atoms with Gasteiger partial charge in [0.1, 0.15) is 5.82 Å². The van der Waals surface area contributed by atoms with Gasteiger partial charge < -0.3 is 16.0 Å². The number of aromatic nitrogens is 1. The zero-order valence-corrected chi connectivity index (χ0v) is 12.5. The Balaban J connectivity index is 1.83. The summed E-state index contributed by atoms with van der Waals surface area (Å²) in [6, 6.07) is 3.51. The molecule has 3 N–H and O–H groups in total. The zero-order valence-electron chi connectivity index (χ0n) is 12.5. The quantitative estimate of drug-likeness (QED) is 0.653. The van der Waals surface area contributed by atoms with E-state index in [1.54, 1.807) is 19.2 Å². The van der Waals surface area contributed by atoms with Crippen molar-refractivity contribution in [2.75, 3.05) is 25.5 Å². The number of hydrogen-bond acceptors (Lipinski definition) is 4. The van der Waals surface area contributed by atoms with E-state index in [-0.39, 0.29) is 17.7 Å². The van der Waals surface area contributed by atoms with E-state index in [0.717, 1.165) is 25.0 Å². The molecular formula is C15H22N4O2. The Hall–Kier alpha value is -2.11. The van der Waals surface area contributed by atoms with Gasteiger partial charge in [0.25, 0.3) is 5.91 Å². The smallest absolute Gasteiger partial charge is 0.251 e. The van der Waals surface area contributed by atoms with Gasteiger partial charge in [0.15, 0.2) is 0 Å². The zero-order chi connectivity index (χ0) is 15.2. The number of pyridine rings is 1. The highest BCUT2D eigenvalue weighted by Crippen LogP contribution is 2.28. The molecule has 1 saturated carbocycles. The molecule has 6 heteroatoms. The van der Waals surface area contributed by atoms with Crippen molar-refractivity contribution in [1.29, 1.82) is 0 Å². The van der Waals surface area contributed by atoms with Crippen LogP contribution in [0, 0.1) is 5.92 Å². The van der Waals surface area contributed by atoms with Crippen LogP contribution in [0.1, 0.15) is 35.8 Å². The van der Waals surface area contributed by atoms with Crippen LogP contribution in [-0.2, 0) is 11.2 Å². The molecule has 1 heterocycles. The number of carbonyl (C=O) groups excluding carboxylic acids is 2. The number of hydrogen-bond donors (Lipinski definition) is 3. The largest absolute Gasteiger partial charge is 0.373 e. The number of nitrogens with one attached hydrogen (secondary N) is 3. The summed E-state index contributed by atoms with van der Waals surface area (Å²) >= 11 is 0. The fourth-order valence-electron chi connectivity index (χ4n) is 1.98. The first-order chi connectivity index (χ1) is 10.1. The Morgan fingerprint density at radius 1 is 1.24 bits per heavy atom. The highest BCUT2D eigenvalue weighted by Gasteiger charge is 2.28. The van der Waals surface area contributed by atoms with E-state index >= 15 is 0 Å². The Kier molecular flexibility index (Phi) is 5.14. The average molecular weight is 290 g/mol. The van der Waals surface area contributed by atoms with Crippen LogP contribution in [0.4, 0.5) is 5.82 Å². The molecule has 1 aromatic rings. The molecule has 114 valence electrons. The molecule has 0 aromatic carbocycles. The summed E-state index contributed by atoms with van der Waals surface area (Å²) in [7, 11) is 1.77. The molecular weight excluding hydrogens is 268 g/mol. The summed E-state index contributed by atoms with van der Waals surface area (Å²) in [5, 5.41) is 8.58. The first-order valence-corrected chi connectivity index (χ1v) is 7.38. The molecule has 2 amide bonds. The van der Waals surface area contributed by atoms with Crippen molar-refractivity contribution in [2.45, 2.75) is 26.2 Å². The van der Waals surface area contributed by atoms with Crippen LogP contribution in [0.5, 0.6) is 0 Å². The van der Waals surface area contributed by atoms with Gasteiger partial charge in [0.05, 0.1) is 0 Å². The Morgan fingerprint density at radius 2 is 1.95 bits per heavy atom. The molecule has 1 aliphatic carbocycles. The van der Waals surface area contributed by atoms with Gasteiger partial charge >= 0.3 is 0 Å². The second-order valence-electron chi connectivity index (χ2n) is 5.16. The van der Waals surface area contributed by atoms with Crippen molar-refractivity contribution in [1.82, 2.24) is 15.6 Å². The fourth-order valence-corrected chi connectivity index (χ4v) is 1.98. The van der Waals surface area contributed by atoms with Gasteiger partial charge in [-0.25, -0.2) is 4.98 Å². The molecule has 0 atom stereocenters. The van der Waals surface area contributed by atoms with E-state index < -0.39 is 0 Å². The minimum Gasteiger partial charge on any atom is -0.373 e. The minimum atomic E-state index is -0.149. The molecule has 2 rings (SSSR count). The monoisotopic (exact) mass is 290 g/mol. The van der Waals surface area contributed by atoms with Gasteiger partial charge in [0.2, 0.25) is 5.91 Å². The lowest BCUT2D eigenvalue weighted by Gasteiger charge is -2.09. The predicted octanol–water partition coefficient (Wildman–Crippen LogP) is 0.942. The van der Waals surface area contributed by atoms with Gasteiger partial charge in [-0.1, -0.05) is 6.92 Å². The first-order valence-electron chi connectivity index (χ1n) is 7.38. The van der Waals surface area contributed by atoms with Gasteiger partial charge in [-0.3, -0.25) is 9.59 Å². The van der Waals surface area contributed by atoms with E-state index in [4.69, 9.17) is 0 Å². The Morgan fingerprint density at radius 3 is 2.57 bits per heavy atom. The van der Waals surface area contributed by atoms with Crippen molar-refractivity contribution in [3.05, 3.63) is 23.4 Å². The van der Waals surface area contributed by atoms with Crippen LogP contribution in [0.15, 0.2) is 12.1 Å². The molecule has 21 heavy (non-hydrogen) atoms. The number of amides is 2. The normalized spacial score (nSPS) is 13.6. The summed E-state index contributed by atoms with van der Waals surface area (Å²) in [6.07, 6.45) is 2.75. The molecule has 0 bridgehead atoms. The number of nitrogens with zero attached hydrogens (tertiary/aromatic N) is 1. The van der Waals surface area contributed by atoms with E-state index in [9.17, 15) is 9.59 Å². The lowest BCUT2D eigenvalue weighted by atomic mass is 10.2. The fraction of sp³-hybridized carbons (Fsp3) is 0.533. The second-order valence-corrected chi connectivity index (χ2v) is 5.16. The van der Waals surface area contributed by atoms with Crippen LogP contribution >= 0.6 is 0 Å². The van der Waals surface area contributed by atoms with Crippen LogP contribution in [0.3, 0.4) is 0 Å².